The number of hydrogen-bond acceptors (Lipinski definition) is 2. The van der Waals surface area contributed by atoms with Crippen molar-refractivity contribution in [3.8, 4) is 5.75 Å². The molecule has 0 saturated heterocycles. The van der Waals surface area contributed by atoms with E-state index in [4.69, 9.17) is 9.84 Å². The van der Waals surface area contributed by atoms with Crippen molar-refractivity contribution >= 4 is 5.97 Å². The maximum atomic E-state index is 13.6. The van der Waals surface area contributed by atoms with Gasteiger partial charge >= 0.3 is 5.97 Å². The second-order valence-corrected chi connectivity index (χ2v) is 3.44. The number of methoxy groups -OCH3 is 1. The van der Waals surface area contributed by atoms with Crippen LogP contribution in [0, 0.1) is 5.82 Å². The lowest BCUT2D eigenvalue weighted by Gasteiger charge is -2.18. The van der Waals surface area contributed by atoms with E-state index in [1.165, 1.54) is 7.11 Å². The predicted molar refractivity (Wildman–Crippen MR) is 53.7 cm³/mol. The number of carboxylic acids is 1. The Kier molecular flexibility index (Phi) is 3.98. The SMILES string of the molecule is COc1ccc(F)cc1C(F)(F)CCC(=O)O. The maximum Gasteiger partial charge on any atom is 0.303 e. The van der Waals surface area contributed by atoms with E-state index in [1.807, 2.05) is 0 Å². The van der Waals surface area contributed by atoms with Gasteiger partial charge < -0.3 is 9.84 Å². The number of hydrogen-bond donors (Lipinski definition) is 1. The summed E-state index contributed by atoms with van der Waals surface area (Å²) in [5.41, 5.74) is -0.638. The van der Waals surface area contributed by atoms with Crippen LogP contribution in [-0.4, -0.2) is 18.2 Å². The Labute approximate surface area is 95.8 Å². The molecule has 0 saturated carbocycles. The summed E-state index contributed by atoms with van der Waals surface area (Å²) in [5.74, 6) is -5.76. The lowest BCUT2D eigenvalue weighted by Crippen LogP contribution is -2.17. The third-order valence-corrected chi connectivity index (χ3v) is 2.21. The molecule has 0 aliphatic heterocycles. The second kappa shape index (κ2) is 5.07. The standard InChI is InChI=1S/C11H11F3O3/c1-17-9-3-2-7(12)6-8(9)11(13,14)5-4-10(15)16/h2-3,6H,4-5H2,1H3,(H,15,16). The molecule has 1 N–H and O–H groups in total. The van der Waals surface area contributed by atoms with Gasteiger partial charge in [0.25, 0.3) is 5.92 Å². The molecule has 0 radical (unpaired) electrons. The molecule has 0 spiro atoms. The molecule has 94 valence electrons. The topological polar surface area (TPSA) is 46.5 Å². The van der Waals surface area contributed by atoms with E-state index in [2.05, 4.69) is 0 Å². The highest BCUT2D eigenvalue weighted by atomic mass is 19.3. The lowest BCUT2D eigenvalue weighted by atomic mass is 10.0. The van der Waals surface area contributed by atoms with Crippen LogP contribution in [0.5, 0.6) is 5.75 Å². The fourth-order valence-electron chi connectivity index (χ4n) is 1.36. The van der Waals surface area contributed by atoms with Gasteiger partial charge in [-0.1, -0.05) is 0 Å². The summed E-state index contributed by atoms with van der Waals surface area (Å²) in [7, 11) is 1.18. The van der Waals surface area contributed by atoms with Crippen LogP contribution in [0.1, 0.15) is 18.4 Å². The Balaban J connectivity index is 3.03. The van der Waals surface area contributed by atoms with Gasteiger partial charge in [0.15, 0.2) is 0 Å². The fraction of sp³-hybridized carbons (Fsp3) is 0.364. The molecule has 0 unspecified atom stereocenters. The summed E-state index contributed by atoms with van der Waals surface area (Å²) in [5, 5.41) is 8.37. The van der Waals surface area contributed by atoms with Gasteiger partial charge in [-0.3, -0.25) is 4.79 Å². The number of ether oxygens (including phenoxy) is 1. The van der Waals surface area contributed by atoms with Crippen LogP contribution in [0.2, 0.25) is 0 Å². The predicted octanol–water partition coefficient (Wildman–Crippen LogP) is 2.79. The lowest BCUT2D eigenvalue weighted by molar-refractivity contribution is -0.139. The van der Waals surface area contributed by atoms with Crippen LogP contribution in [-0.2, 0) is 10.7 Å². The summed E-state index contributed by atoms with van der Waals surface area (Å²) in [6, 6.07) is 2.73. The Morgan fingerprint density at radius 3 is 2.65 bits per heavy atom. The first kappa shape index (κ1) is 13.3. The Morgan fingerprint density at radius 1 is 1.47 bits per heavy atom. The average molecular weight is 248 g/mol. The number of benzene rings is 1. The fourth-order valence-corrected chi connectivity index (χ4v) is 1.36. The minimum Gasteiger partial charge on any atom is -0.496 e. The molecule has 0 aliphatic carbocycles. The molecule has 17 heavy (non-hydrogen) atoms. The molecule has 0 aromatic heterocycles. The molecule has 0 heterocycles. The normalized spacial score (nSPS) is 11.3. The highest BCUT2D eigenvalue weighted by molar-refractivity contribution is 5.66. The van der Waals surface area contributed by atoms with E-state index in [-0.39, 0.29) is 5.75 Å². The van der Waals surface area contributed by atoms with E-state index in [1.54, 1.807) is 0 Å². The van der Waals surface area contributed by atoms with E-state index in [0.29, 0.717) is 6.07 Å². The largest absolute Gasteiger partial charge is 0.496 e. The summed E-state index contributed by atoms with van der Waals surface area (Å²) in [6.45, 7) is 0. The molecule has 0 fully saturated rings. The van der Waals surface area contributed by atoms with Crippen molar-refractivity contribution in [2.24, 2.45) is 0 Å². The smallest absolute Gasteiger partial charge is 0.303 e. The number of aliphatic carboxylic acids is 1. The molecule has 0 bridgehead atoms. The van der Waals surface area contributed by atoms with Crippen molar-refractivity contribution in [3.63, 3.8) is 0 Å². The maximum absolute atomic E-state index is 13.6. The second-order valence-electron chi connectivity index (χ2n) is 3.44. The van der Waals surface area contributed by atoms with Gasteiger partial charge in [-0.05, 0) is 18.2 Å². The highest BCUT2D eigenvalue weighted by Crippen LogP contribution is 2.38. The number of halogens is 3. The van der Waals surface area contributed by atoms with E-state index in [0.717, 1.165) is 12.1 Å². The Hall–Kier alpha value is -1.72. The summed E-state index contributed by atoms with van der Waals surface area (Å²) < 4.78 is 44.9. The van der Waals surface area contributed by atoms with Crippen molar-refractivity contribution in [1.82, 2.24) is 0 Å². The van der Waals surface area contributed by atoms with Gasteiger partial charge in [-0.25, -0.2) is 13.2 Å². The van der Waals surface area contributed by atoms with Gasteiger partial charge in [0.05, 0.1) is 19.1 Å². The molecule has 6 heteroatoms. The third kappa shape index (κ3) is 3.37. The van der Waals surface area contributed by atoms with Gasteiger partial charge in [0, 0.05) is 6.42 Å². The van der Waals surface area contributed by atoms with E-state index >= 15 is 0 Å². The first-order valence-corrected chi connectivity index (χ1v) is 4.80. The minimum absolute atomic E-state index is 0.165. The molecular formula is C11H11F3O3. The number of carboxylic acid groups (broad SMARTS) is 1. The average Bonchev–Trinajstić information content (AvgIpc) is 2.26. The molecule has 1 aromatic rings. The zero-order chi connectivity index (χ0) is 13.1. The van der Waals surface area contributed by atoms with Crippen LogP contribution < -0.4 is 4.74 Å². The summed E-state index contributed by atoms with van der Waals surface area (Å²) in [4.78, 5) is 10.3. The monoisotopic (exact) mass is 248 g/mol. The molecule has 0 amide bonds. The van der Waals surface area contributed by atoms with Crippen molar-refractivity contribution in [1.29, 1.82) is 0 Å². The Bertz CT molecular complexity index is 418. The van der Waals surface area contributed by atoms with Crippen LogP contribution in [0.25, 0.3) is 0 Å². The van der Waals surface area contributed by atoms with Crippen LogP contribution in [0.4, 0.5) is 13.2 Å². The zero-order valence-electron chi connectivity index (χ0n) is 9.04. The molecule has 1 rings (SSSR count). The van der Waals surface area contributed by atoms with Crippen molar-refractivity contribution in [3.05, 3.63) is 29.6 Å². The first-order valence-electron chi connectivity index (χ1n) is 4.80. The summed E-state index contributed by atoms with van der Waals surface area (Å²) >= 11 is 0. The van der Waals surface area contributed by atoms with Gasteiger partial charge in [-0.2, -0.15) is 0 Å². The molecular weight excluding hydrogens is 237 g/mol. The minimum atomic E-state index is -3.44. The van der Waals surface area contributed by atoms with Crippen LogP contribution >= 0.6 is 0 Å². The zero-order valence-corrected chi connectivity index (χ0v) is 9.04. The summed E-state index contributed by atoms with van der Waals surface area (Å²) in [6.07, 6.45) is -1.60. The van der Waals surface area contributed by atoms with Crippen molar-refractivity contribution in [2.45, 2.75) is 18.8 Å². The highest BCUT2D eigenvalue weighted by Gasteiger charge is 2.35. The van der Waals surface area contributed by atoms with E-state index < -0.39 is 36.1 Å². The molecule has 1 aromatic carbocycles. The van der Waals surface area contributed by atoms with Crippen LogP contribution in [0.3, 0.4) is 0 Å². The van der Waals surface area contributed by atoms with Gasteiger partial charge in [-0.15, -0.1) is 0 Å². The Morgan fingerprint density at radius 2 is 2.12 bits per heavy atom. The van der Waals surface area contributed by atoms with Crippen molar-refractivity contribution in [2.75, 3.05) is 7.11 Å². The quantitative estimate of drug-likeness (QED) is 0.871. The third-order valence-electron chi connectivity index (χ3n) is 2.21. The van der Waals surface area contributed by atoms with Crippen molar-refractivity contribution < 1.29 is 27.8 Å². The molecule has 3 nitrogen and oxygen atoms in total. The van der Waals surface area contributed by atoms with Gasteiger partial charge in [0.1, 0.15) is 11.6 Å². The molecule has 0 atom stereocenters. The van der Waals surface area contributed by atoms with E-state index in [9.17, 15) is 18.0 Å². The molecule has 0 aliphatic rings. The van der Waals surface area contributed by atoms with Gasteiger partial charge in [0.2, 0.25) is 0 Å². The number of carbonyl (C=O) groups is 1. The number of alkyl halides is 2. The van der Waals surface area contributed by atoms with Crippen LogP contribution in [0.15, 0.2) is 18.2 Å². The number of rotatable bonds is 5. The first-order chi connectivity index (χ1) is 7.86.